The molecule has 72 valence electrons. The SMILES string of the molecule is O=P([O-])([O-])[O-].O=P([O-])([O-])[O-].[Au+3].[K+].[K+].[K+]. The van der Waals surface area contributed by atoms with Crippen LogP contribution in [-0.2, 0) is 31.5 Å². The Morgan fingerprint density at radius 1 is 0.571 bits per heavy atom. The Bertz CT molecular complexity index is 135. The van der Waals surface area contributed by atoms with Gasteiger partial charge in [-0.05, 0) is 0 Å². The molecule has 0 radical (unpaired) electrons. The third kappa shape index (κ3) is 148. The van der Waals surface area contributed by atoms with E-state index in [0.29, 0.717) is 0 Å². The van der Waals surface area contributed by atoms with Crippen molar-refractivity contribution in [1.29, 1.82) is 0 Å². The Hall–Kier alpha value is 5.87. The van der Waals surface area contributed by atoms with Crippen LogP contribution in [0.2, 0.25) is 0 Å². The first-order valence-electron chi connectivity index (χ1n) is 1.46. The van der Waals surface area contributed by atoms with Gasteiger partial charge in [-0.15, -0.1) is 0 Å². The van der Waals surface area contributed by atoms with Crippen molar-refractivity contribution in [2.24, 2.45) is 0 Å². The molecular weight excluding hydrogens is 504 g/mol. The summed E-state index contributed by atoms with van der Waals surface area (Å²) in [5.41, 5.74) is 0. The first-order valence-corrected chi connectivity index (χ1v) is 4.38. The van der Waals surface area contributed by atoms with Crippen LogP contribution in [-0.4, -0.2) is 0 Å². The zero-order valence-electron chi connectivity index (χ0n) is 7.46. The maximum atomic E-state index is 8.55. The summed E-state index contributed by atoms with van der Waals surface area (Å²) in [5.74, 6) is 0. The molecule has 0 spiro atoms. The smallest absolute Gasteiger partial charge is 0.822 e. The molecule has 0 fully saturated rings. The zero-order valence-corrected chi connectivity index (χ0v) is 20.8. The fourth-order valence-corrected chi connectivity index (χ4v) is 0. The van der Waals surface area contributed by atoms with Crippen LogP contribution in [0.15, 0.2) is 0 Å². The van der Waals surface area contributed by atoms with Crippen LogP contribution >= 0.6 is 15.6 Å². The number of hydrogen-bond donors (Lipinski definition) is 0. The third-order valence-electron chi connectivity index (χ3n) is 0. The van der Waals surface area contributed by atoms with E-state index in [0.717, 1.165) is 0 Å². The average Bonchev–Trinajstić information content (AvgIpc) is 1.12. The predicted molar refractivity (Wildman–Crippen MR) is 15.2 cm³/mol. The van der Waals surface area contributed by atoms with E-state index in [1.807, 2.05) is 0 Å². The van der Waals surface area contributed by atoms with Crippen molar-refractivity contribution in [2.45, 2.75) is 0 Å². The fraction of sp³-hybridized carbons (Fsp3) is 0. The maximum absolute atomic E-state index is 8.55. The van der Waals surface area contributed by atoms with Crippen molar-refractivity contribution in [1.82, 2.24) is 0 Å². The van der Waals surface area contributed by atoms with Gasteiger partial charge in [-0.3, -0.25) is 0 Å². The second-order valence-corrected chi connectivity index (χ2v) is 2.68. The minimum absolute atomic E-state index is 0. The molecule has 0 aliphatic heterocycles. The van der Waals surface area contributed by atoms with Gasteiger partial charge in [0.25, 0.3) is 0 Å². The summed E-state index contributed by atoms with van der Waals surface area (Å²) in [7, 11) is -10.8. The second kappa shape index (κ2) is 18.9. The number of rotatable bonds is 0. The van der Waals surface area contributed by atoms with Gasteiger partial charge < -0.3 is 38.5 Å². The molecule has 0 rings (SSSR count). The minimum atomic E-state index is -5.39. The molecule has 0 aromatic heterocycles. The zero-order chi connectivity index (χ0) is 9.00. The molecule has 0 heterocycles. The van der Waals surface area contributed by atoms with Crippen LogP contribution in [0.5, 0.6) is 0 Å². The van der Waals surface area contributed by atoms with Crippen molar-refractivity contribution < 1.29 is 215 Å². The molecule has 0 atom stereocenters. The van der Waals surface area contributed by atoms with Gasteiger partial charge >= 0.3 is 177 Å². The van der Waals surface area contributed by atoms with E-state index in [1.54, 1.807) is 0 Å². The van der Waals surface area contributed by atoms with E-state index < -0.39 is 15.6 Å². The molecular formula is AuK3O8P2. The van der Waals surface area contributed by atoms with E-state index in [2.05, 4.69) is 0 Å². The quantitative estimate of drug-likeness (QED) is 0.231. The van der Waals surface area contributed by atoms with Gasteiger partial charge in [-0.25, -0.2) is 0 Å². The molecule has 0 aliphatic carbocycles. The summed E-state index contributed by atoms with van der Waals surface area (Å²) >= 11 is 0. The Labute approximate surface area is 224 Å². The molecule has 0 saturated heterocycles. The first-order chi connectivity index (χ1) is 4.00. The maximum Gasteiger partial charge on any atom is 3.00 e. The molecule has 0 aromatic carbocycles. The summed E-state index contributed by atoms with van der Waals surface area (Å²) in [5, 5.41) is 0. The molecule has 0 bridgehead atoms. The molecule has 0 aliphatic rings. The summed E-state index contributed by atoms with van der Waals surface area (Å²) in [6, 6.07) is 0. The molecule has 14 heteroatoms. The van der Waals surface area contributed by atoms with Crippen LogP contribution in [0.3, 0.4) is 0 Å². The third-order valence-corrected chi connectivity index (χ3v) is 0. The molecule has 0 amide bonds. The van der Waals surface area contributed by atoms with Crippen molar-refractivity contribution in [3.05, 3.63) is 0 Å². The van der Waals surface area contributed by atoms with Crippen molar-refractivity contribution in [3.63, 3.8) is 0 Å². The number of hydrogen-bond acceptors (Lipinski definition) is 8. The Morgan fingerprint density at radius 3 is 0.571 bits per heavy atom. The first kappa shape index (κ1) is 36.8. The summed E-state index contributed by atoms with van der Waals surface area (Å²) in [6.07, 6.45) is 0. The second-order valence-electron chi connectivity index (χ2n) is 0.894. The Morgan fingerprint density at radius 2 is 0.571 bits per heavy atom. The van der Waals surface area contributed by atoms with Gasteiger partial charge in [0.2, 0.25) is 0 Å². The monoisotopic (exact) mass is 504 g/mol. The van der Waals surface area contributed by atoms with Crippen LogP contribution < -0.4 is 184 Å². The molecule has 8 nitrogen and oxygen atoms in total. The van der Waals surface area contributed by atoms with Crippen LogP contribution in [0.4, 0.5) is 0 Å². The van der Waals surface area contributed by atoms with E-state index in [-0.39, 0.29) is 177 Å². The van der Waals surface area contributed by atoms with Gasteiger partial charge in [-0.2, -0.15) is 15.6 Å². The van der Waals surface area contributed by atoms with Crippen molar-refractivity contribution in [3.8, 4) is 0 Å². The summed E-state index contributed by atoms with van der Waals surface area (Å²) in [4.78, 5) is 51.3. The van der Waals surface area contributed by atoms with Crippen LogP contribution in [0.1, 0.15) is 0 Å². The van der Waals surface area contributed by atoms with Gasteiger partial charge in [0, 0.05) is 0 Å². The largest absolute Gasteiger partial charge is 3.00 e. The van der Waals surface area contributed by atoms with Gasteiger partial charge in [-0.1, -0.05) is 0 Å². The van der Waals surface area contributed by atoms with E-state index >= 15 is 0 Å². The molecule has 14 heavy (non-hydrogen) atoms. The predicted octanol–water partition coefficient (Wildman–Crippen LogP) is -14.6. The topological polar surface area (TPSA) is 172 Å². The Balaban J connectivity index is -0.0000000178. The van der Waals surface area contributed by atoms with E-state index in [4.69, 9.17) is 38.5 Å². The Kier molecular flexibility index (Phi) is 49.6. The number of phosphoric acid groups is 2. The standard InChI is InChI=1S/Au.3K.2H3O4P/c;;;;2*1-5(2,3)4/h;;;;2*(H3,1,2,3,4)/q+3;3*+1;;/p-6. The minimum Gasteiger partial charge on any atom is -0.822 e. The van der Waals surface area contributed by atoms with Crippen molar-refractivity contribution in [2.75, 3.05) is 0 Å². The van der Waals surface area contributed by atoms with Crippen LogP contribution in [0.25, 0.3) is 0 Å². The molecule has 0 aromatic rings. The normalized spacial score (nSPS) is 8.43. The molecule has 0 unspecified atom stereocenters. The van der Waals surface area contributed by atoms with Crippen LogP contribution in [0, 0.1) is 0 Å². The van der Waals surface area contributed by atoms with Gasteiger partial charge in [0.15, 0.2) is 0 Å². The van der Waals surface area contributed by atoms with E-state index in [9.17, 15) is 0 Å². The van der Waals surface area contributed by atoms with Crippen molar-refractivity contribution >= 4 is 15.6 Å². The summed E-state index contributed by atoms with van der Waals surface area (Å²) in [6.45, 7) is 0. The van der Waals surface area contributed by atoms with E-state index in [1.165, 1.54) is 0 Å². The van der Waals surface area contributed by atoms with Gasteiger partial charge in [0.1, 0.15) is 0 Å². The fourth-order valence-electron chi connectivity index (χ4n) is 0. The molecule has 0 saturated carbocycles. The average molecular weight is 504 g/mol. The molecule has 0 N–H and O–H groups in total. The van der Waals surface area contributed by atoms with Gasteiger partial charge in [0.05, 0.1) is 0 Å². The summed E-state index contributed by atoms with van der Waals surface area (Å²) < 4.78 is 17.1.